The molecule has 94 heavy (non-hydrogen) atoms. The number of unbranched alkanes of at least 4 members (excludes halogenated alkanes) is 1. The first-order valence-electron chi connectivity index (χ1n) is 27.2. The molecule has 518 valence electrons. The van der Waals surface area contributed by atoms with Gasteiger partial charge in [-0.3, -0.25) is 28.6 Å². The fourth-order valence-electron chi connectivity index (χ4n) is 8.22. The largest absolute Gasteiger partial charge is 0.490 e. The van der Waals surface area contributed by atoms with Gasteiger partial charge in [-0.1, -0.05) is 27.7 Å². The molecule has 2 aromatic carbocycles. The van der Waals surface area contributed by atoms with Crippen molar-refractivity contribution < 1.29 is 134 Å². The van der Waals surface area contributed by atoms with Crippen LogP contribution in [0.2, 0.25) is 0 Å². The first kappa shape index (κ1) is 78.3. The summed E-state index contributed by atoms with van der Waals surface area (Å²) in [5, 5.41) is 24.8. The molecule has 15 N–H and O–H groups in total. The van der Waals surface area contributed by atoms with Crippen LogP contribution >= 0.6 is 45.1 Å². The summed E-state index contributed by atoms with van der Waals surface area (Å²) in [4.78, 5) is 101. The van der Waals surface area contributed by atoms with Crippen LogP contribution in [0.3, 0.4) is 0 Å². The van der Waals surface area contributed by atoms with E-state index >= 15 is 0 Å². The van der Waals surface area contributed by atoms with Gasteiger partial charge in [0.05, 0.1) is 80.5 Å². The number of alkyl carbamates (subject to hydrolysis) is 2. The van der Waals surface area contributed by atoms with Crippen molar-refractivity contribution in [2.75, 3.05) is 84.7 Å². The number of methoxy groups -OCH3 is 1. The molecule has 5 rings (SSSR count). The lowest BCUT2D eigenvalue weighted by molar-refractivity contribution is -0.120. The molecule has 0 fully saturated rings. The number of amidine groups is 1. The normalized spacial score (nSPS) is 15.4. The molecule has 0 bridgehead atoms. The van der Waals surface area contributed by atoms with Crippen LogP contribution < -0.4 is 32.8 Å². The first-order chi connectivity index (χ1) is 43.9. The van der Waals surface area contributed by atoms with Gasteiger partial charge in [-0.2, -0.15) is 30.4 Å². The summed E-state index contributed by atoms with van der Waals surface area (Å²) in [6.07, 6.45) is 0.354. The molecule has 0 aromatic heterocycles. The van der Waals surface area contributed by atoms with Crippen LogP contribution in [0, 0.1) is 23.3 Å². The van der Waals surface area contributed by atoms with Gasteiger partial charge in [0, 0.05) is 59.7 Å². The number of phosphoric acid groups is 3. The minimum atomic E-state index is -5.73. The molecule has 2 heterocycles. The Bertz CT molecular complexity index is 3990. The smallest absolute Gasteiger partial charge is 0.478 e. The van der Waals surface area contributed by atoms with E-state index in [2.05, 4.69) is 46.1 Å². The quantitative estimate of drug-likeness (QED) is 0.00340. The highest BCUT2D eigenvalue weighted by Gasteiger charge is 2.41. The van der Waals surface area contributed by atoms with Gasteiger partial charge in [-0.05, 0) is 99.9 Å². The van der Waals surface area contributed by atoms with Gasteiger partial charge in [0.2, 0.25) is 0 Å². The van der Waals surface area contributed by atoms with E-state index in [0.717, 1.165) is 30.3 Å². The van der Waals surface area contributed by atoms with Crippen molar-refractivity contribution in [2.24, 2.45) is 16.6 Å². The van der Waals surface area contributed by atoms with E-state index in [0.29, 0.717) is 31.8 Å². The van der Waals surface area contributed by atoms with Crippen molar-refractivity contribution in [3.05, 3.63) is 70.6 Å². The van der Waals surface area contributed by atoms with Gasteiger partial charge in [0.1, 0.15) is 11.8 Å². The predicted octanol–water partition coefficient (Wildman–Crippen LogP) is 4.52. The zero-order chi connectivity index (χ0) is 69.8. The van der Waals surface area contributed by atoms with Crippen molar-refractivity contribution in [1.29, 1.82) is 5.41 Å². The maximum absolute atomic E-state index is 13.4. The molecule has 0 radical (unpaired) electrons. The number of carbonyl (C=O) groups excluding carboxylic acids is 4. The third-order valence-electron chi connectivity index (χ3n) is 12.5. The maximum atomic E-state index is 13.4. The number of hydrogen-bond acceptors (Lipinski definition) is 27. The number of dihydropyridines is 1. The number of aliphatic imine (C=N–C) groups is 1. The van der Waals surface area contributed by atoms with Gasteiger partial charge in [-0.15, -0.1) is 0 Å². The molecule has 0 spiro atoms. The van der Waals surface area contributed by atoms with E-state index < -0.39 is 130 Å². The Morgan fingerprint density at radius 1 is 0.819 bits per heavy atom. The van der Waals surface area contributed by atoms with Crippen LogP contribution in [0.25, 0.3) is 33.4 Å². The number of nitrogen functional groups attached to an aromatic ring is 1. The lowest BCUT2D eigenvalue weighted by atomic mass is 9.89. The highest BCUT2D eigenvalue weighted by atomic mass is 33.1. The number of carbonyl (C=O) groups is 5. The van der Waals surface area contributed by atoms with Gasteiger partial charge in [0.15, 0.2) is 21.1 Å². The van der Waals surface area contributed by atoms with Crippen molar-refractivity contribution >= 4 is 118 Å². The first-order valence-corrected chi connectivity index (χ1v) is 36.9. The highest BCUT2D eigenvalue weighted by molar-refractivity contribution is 8.77. The molecule has 43 heteroatoms. The molecule has 4 atom stereocenters. The second kappa shape index (κ2) is 35.0. The number of anilines is 1. The Kier molecular flexibility index (Phi) is 29.2. The molecule has 0 saturated carbocycles. The number of carboxylic acid groups (broad SMARTS) is 1. The van der Waals surface area contributed by atoms with Crippen LogP contribution in [-0.2, 0) is 80.3 Å². The van der Waals surface area contributed by atoms with Gasteiger partial charge >= 0.3 is 41.6 Å². The Balaban J connectivity index is 0.913. The number of carboxylic acids is 1. The number of nitrogens with two attached hydrogens (primary N) is 2. The number of ether oxygens (including phenoxy) is 6. The SMILES string of the molecule is CO[C@@H](CCC1C=C(C#CNC(=O)OCCCCOCSSC(C)(C)CCOC(=O)NCCOCCOCCNC(=O)c2ccc(C(=O)O)c(-c3c4ccc(=N)c(S(=O)(=O)O)c-4oc4c(S(=O)(=O)O)c(N)ccc34)c2)C(N)=NC1=O)COP(=O)(O)OP(=O)(O)OP(=O)(O)O. The minimum Gasteiger partial charge on any atom is -0.478 e. The second-order valence-corrected chi connectivity index (χ2v) is 30.1. The fourth-order valence-corrected chi connectivity index (χ4v) is 15.0. The summed E-state index contributed by atoms with van der Waals surface area (Å²) < 4.78 is 154. The van der Waals surface area contributed by atoms with Crippen LogP contribution in [0.4, 0.5) is 15.3 Å². The zero-order valence-electron chi connectivity index (χ0n) is 49.8. The number of nitrogens with zero attached hydrogens (tertiary/aromatic N) is 1. The number of nitrogens with one attached hydrogen (secondary N) is 4. The molecule has 36 nitrogen and oxygen atoms in total. The van der Waals surface area contributed by atoms with E-state index in [1.807, 2.05) is 13.8 Å². The Labute approximate surface area is 543 Å². The summed E-state index contributed by atoms with van der Waals surface area (Å²) >= 11 is 0. The fraction of sp³-hybridized carbons (Fsp3) is 0.431. The average molecular weight is 1460 g/mol. The predicted molar refractivity (Wildman–Crippen MR) is 333 cm³/mol. The van der Waals surface area contributed by atoms with E-state index in [-0.39, 0.29) is 109 Å². The summed E-state index contributed by atoms with van der Waals surface area (Å²) in [5.41, 5.74) is 9.25. The monoisotopic (exact) mass is 1460 g/mol. The molecular weight excluding hydrogens is 1400 g/mol. The van der Waals surface area contributed by atoms with E-state index in [4.69, 9.17) is 59.5 Å². The third kappa shape index (κ3) is 25.0. The van der Waals surface area contributed by atoms with Crippen molar-refractivity contribution in [3.8, 4) is 34.4 Å². The van der Waals surface area contributed by atoms with Crippen molar-refractivity contribution in [3.63, 3.8) is 0 Å². The maximum Gasteiger partial charge on any atom is 0.490 e. The number of fused-ring (bicyclic) bond motifs is 2. The third-order valence-corrected chi connectivity index (χ3v) is 21.2. The van der Waals surface area contributed by atoms with E-state index in [1.54, 1.807) is 0 Å². The number of hydrogen-bond donors (Lipinski definition) is 13. The number of benzene rings is 3. The molecule has 3 unspecified atom stereocenters. The lowest BCUT2D eigenvalue weighted by Crippen LogP contribution is -2.30. The molecule has 4 amide bonds. The molecule has 2 aliphatic heterocycles. The minimum absolute atomic E-state index is 0.000691. The molecule has 1 aliphatic carbocycles. The average Bonchev–Trinajstić information content (AvgIpc) is 0.722. The number of aromatic carboxylic acids is 1. The molecule has 2 aromatic rings. The number of phosphoric ester groups is 1. The topological polar surface area (TPSA) is 567 Å². The van der Waals surface area contributed by atoms with E-state index in [9.17, 15) is 78.5 Å². The molecule has 0 saturated heterocycles. The molecular formula is C51H66N7O29P3S4. The number of rotatable bonds is 37. The Morgan fingerprint density at radius 2 is 1.48 bits per heavy atom. The summed E-state index contributed by atoms with van der Waals surface area (Å²) in [6, 6.07) is 10.2. The standard InChI is InChI=1S/C51H66N7O29P3S4/c1-51(2,92-91-29-81-19-4-5-20-82-49(63)56-16-14-30-26-31(47(60)58-45(30)54)6-8-33(78-3)28-84-89(68,69)87-90(70,71)86-88(65,66)67)15-21-83-50(64)57-18-23-80-25-24-79-22-17-55-46(59)32-7-9-34(48(61)62)37(27-32)40-35-10-12-38(52)43(93(72,73)74)41(35)85-42-36(40)11-13-39(53)44(42)94(75,76)77/h7,9-13,26-27,31,33,52H,4-6,8,15,17-25,28-29,53H2,1-3H3,(H,55,59)(H,56,63)(H,57,64)(H,61,62)(H,68,69)(H,70,71)(H2,54,58,60)(H2,65,66,67)(H,72,73,74)(H,75,76,77)/t31?,33-/m0/s1. The van der Waals surface area contributed by atoms with Crippen LogP contribution in [-0.4, -0.2) is 176 Å². The molecule has 3 aliphatic rings. The van der Waals surface area contributed by atoms with Gasteiger partial charge in [0.25, 0.3) is 32.1 Å². The van der Waals surface area contributed by atoms with Crippen LogP contribution in [0.5, 0.6) is 0 Å². The van der Waals surface area contributed by atoms with Crippen molar-refractivity contribution in [2.45, 2.75) is 66.6 Å². The van der Waals surface area contributed by atoms with Crippen LogP contribution in [0.15, 0.2) is 73.3 Å². The zero-order valence-corrected chi connectivity index (χ0v) is 55.7. The Hall–Kier alpha value is -6.38. The highest BCUT2D eigenvalue weighted by Crippen LogP contribution is 2.66. The summed E-state index contributed by atoms with van der Waals surface area (Å²) in [7, 11) is -23.0. The summed E-state index contributed by atoms with van der Waals surface area (Å²) in [5.74, 6) is -1.91. The van der Waals surface area contributed by atoms with Gasteiger partial charge in [-0.25, -0.2) is 33.4 Å². The van der Waals surface area contributed by atoms with E-state index in [1.165, 1.54) is 46.9 Å². The van der Waals surface area contributed by atoms with Crippen molar-refractivity contribution in [1.82, 2.24) is 16.0 Å². The second-order valence-electron chi connectivity index (χ2n) is 20.0. The Morgan fingerprint density at radius 3 is 2.13 bits per heavy atom. The summed E-state index contributed by atoms with van der Waals surface area (Å²) in [6.45, 7) is 4.14. The lowest BCUT2D eigenvalue weighted by Gasteiger charge is -2.22. The van der Waals surface area contributed by atoms with Gasteiger partial charge < -0.3 is 79.6 Å². The van der Waals surface area contributed by atoms with Crippen LogP contribution in [0.1, 0.15) is 66.7 Å². The number of amides is 4.